The van der Waals surface area contributed by atoms with Gasteiger partial charge in [0.05, 0.1) is 0 Å². The van der Waals surface area contributed by atoms with Crippen LogP contribution < -0.4 is 5.32 Å². The molecular formula is C22H41N5O. The number of rotatable bonds is 5. The van der Waals surface area contributed by atoms with Crippen LogP contribution in [-0.2, 0) is 4.74 Å². The van der Waals surface area contributed by atoms with Gasteiger partial charge in [0.15, 0.2) is 5.96 Å². The Morgan fingerprint density at radius 2 is 1.71 bits per heavy atom. The molecule has 0 amide bonds. The zero-order valence-electron chi connectivity index (χ0n) is 18.0. The van der Waals surface area contributed by atoms with Crippen molar-refractivity contribution >= 4 is 5.96 Å². The Balaban J connectivity index is 1.30. The second kappa shape index (κ2) is 9.77. The van der Waals surface area contributed by atoms with Crippen LogP contribution in [0.25, 0.3) is 0 Å². The molecule has 0 bridgehead atoms. The van der Waals surface area contributed by atoms with Crippen molar-refractivity contribution in [3.8, 4) is 0 Å². The number of hydrogen-bond donors (Lipinski definition) is 1. The number of likely N-dealkylation sites (tertiary alicyclic amines) is 3. The van der Waals surface area contributed by atoms with E-state index in [-0.39, 0.29) is 5.54 Å². The first-order valence-corrected chi connectivity index (χ1v) is 11.8. The molecular weight excluding hydrogens is 350 g/mol. The fourth-order valence-electron chi connectivity index (χ4n) is 5.80. The smallest absolute Gasteiger partial charge is 0.193 e. The van der Waals surface area contributed by atoms with Crippen LogP contribution in [0.15, 0.2) is 4.99 Å². The maximum Gasteiger partial charge on any atom is 0.193 e. The van der Waals surface area contributed by atoms with E-state index in [2.05, 4.69) is 25.0 Å². The standard InChI is InChI=1S/C22H41N5O/c1-23-21(26-14-7-20(18-26)17-25-10-3-2-4-11-25)24-19-22(8-15-28-16-9-22)27-12-5-6-13-27/h20H,2-19H2,1H3,(H,23,24). The monoisotopic (exact) mass is 391 g/mol. The quantitative estimate of drug-likeness (QED) is 0.574. The van der Waals surface area contributed by atoms with Crippen LogP contribution in [0.5, 0.6) is 0 Å². The molecule has 0 aromatic heterocycles. The second-order valence-electron chi connectivity index (χ2n) is 9.39. The van der Waals surface area contributed by atoms with Crippen molar-refractivity contribution in [2.24, 2.45) is 10.9 Å². The van der Waals surface area contributed by atoms with Crippen molar-refractivity contribution in [2.45, 2.75) is 56.9 Å². The van der Waals surface area contributed by atoms with Gasteiger partial charge in [0.2, 0.25) is 0 Å². The van der Waals surface area contributed by atoms with E-state index in [9.17, 15) is 0 Å². The summed E-state index contributed by atoms with van der Waals surface area (Å²) in [7, 11) is 1.95. The van der Waals surface area contributed by atoms with E-state index in [4.69, 9.17) is 4.74 Å². The molecule has 1 atom stereocenters. The van der Waals surface area contributed by atoms with E-state index >= 15 is 0 Å². The summed E-state index contributed by atoms with van der Waals surface area (Å²) >= 11 is 0. The average molecular weight is 392 g/mol. The van der Waals surface area contributed by atoms with E-state index in [1.165, 1.54) is 71.2 Å². The molecule has 160 valence electrons. The molecule has 28 heavy (non-hydrogen) atoms. The third-order valence-electron chi connectivity index (χ3n) is 7.54. The Morgan fingerprint density at radius 3 is 2.43 bits per heavy atom. The Hall–Kier alpha value is -0.850. The molecule has 0 aromatic rings. The minimum atomic E-state index is 0.262. The molecule has 4 heterocycles. The molecule has 0 radical (unpaired) electrons. The third-order valence-corrected chi connectivity index (χ3v) is 7.54. The predicted molar refractivity (Wildman–Crippen MR) is 115 cm³/mol. The van der Waals surface area contributed by atoms with Gasteiger partial charge in [-0.25, -0.2) is 0 Å². The Morgan fingerprint density at radius 1 is 1.00 bits per heavy atom. The van der Waals surface area contributed by atoms with Gasteiger partial charge in [-0.15, -0.1) is 0 Å². The first-order chi connectivity index (χ1) is 13.8. The van der Waals surface area contributed by atoms with Crippen LogP contribution in [0, 0.1) is 5.92 Å². The van der Waals surface area contributed by atoms with Gasteiger partial charge < -0.3 is 19.9 Å². The van der Waals surface area contributed by atoms with Gasteiger partial charge in [-0.2, -0.15) is 0 Å². The van der Waals surface area contributed by atoms with E-state index in [0.717, 1.165) is 57.6 Å². The van der Waals surface area contributed by atoms with E-state index in [1.807, 2.05) is 7.05 Å². The van der Waals surface area contributed by atoms with Gasteiger partial charge in [0, 0.05) is 52.0 Å². The van der Waals surface area contributed by atoms with Gasteiger partial charge in [-0.05, 0) is 77.0 Å². The molecule has 4 fully saturated rings. The number of nitrogens with zero attached hydrogens (tertiary/aromatic N) is 4. The van der Waals surface area contributed by atoms with E-state index in [0.29, 0.717) is 0 Å². The largest absolute Gasteiger partial charge is 0.381 e. The maximum absolute atomic E-state index is 5.70. The van der Waals surface area contributed by atoms with Crippen molar-refractivity contribution < 1.29 is 4.74 Å². The summed E-state index contributed by atoms with van der Waals surface area (Å²) < 4.78 is 5.70. The number of guanidine groups is 1. The number of ether oxygens (including phenoxy) is 1. The van der Waals surface area contributed by atoms with E-state index < -0.39 is 0 Å². The molecule has 4 aliphatic heterocycles. The molecule has 4 saturated heterocycles. The first-order valence-electron chi connectivity index (χ1n) is 11.8. The Kier molecular flexibility index (Phi) is 7.13. The van der Waals surface area contributed by atoms with Crippen molar-refractivity contribution in [2.75, 3.05) is 72.6 Å². The summed E-state index contributed by atoms with van der Waals surface area (Å²) in [6.07, 6.45) is 10.5. The number of nitrogens with one attached hydrogen (secondary N) is 1. The van der Waals surface area contributed by atoms with Crippen LogP contribution in [-0.4, -0.2) is 98.8 Å². The van der Waals surface area contributed by atoms with Gasteiger partial charge in [0.25, 0.3) is 0 Å². The molecule has 1 N–H and O–H groups in total. The lowest BCUT2D eigenvalue weighted by molar-refractivity contribution is -0.0166. The zero-order valence-corrected chi connectivity index (χ0v) is 18.0. The van der Waals surface area contributed by atoms with Crippen LogP contribution in [0.3, 0.4) is 0 Å². The summed E-state index contributed by atoms with van der Waals surface area (Å²) in [6.45, 7) is 11.5. The van der Waals surface area contributed by atoms with Crippen LogP contribution >= 0.6 is 0 Å². The van der Waals surface area contributed by atoms with Gasteiger partial charge in [0.1, 0.15) is 0 Å². The number of aliphatic imine (C=N–C) groups is 1. The molecule has 0 spiro atoms. The second-order valence-corrected chi connectivity index (χ2v) is 9.39. The highest BCUT2D eigenvalue weighted by Crippen LogP contribution is 2.31. The SMILES string of the molecule is CN=C(NCC1(N2CCCC2)CCOCC1)N1CCC(CN2CCCCC2)C1. The fraction of sp³-hybridized carbons (Fsp3) is 0.955. The first kappa shape index (κ1) is 20.4. The molecule has 6 heteroatoms. The molecule has 0 aromatic carbocycles. The molecule has 1 unspecified atom stereocenters. The Labute approximate surface area is 171 Å². The van der Waals surface area contributed by atoms with Gasteiger partial charge in [-0.1, -0.05) is 6.42 Å². The number of hydrogen-bond acceptors (Lipinski definition) is 4. The molecule has 4 aliphatic rings. The van der Waals surface area contributed by atoms with Crippen LogP contribution in [0.4, 0.5) is 0 Å². The fourth-order valence-corrected chi connectivity index (χ4v) is 5.80. The van der Waals surface area contributed by atoms with Gasteiger partial charge >= 0.3 is 0 Å². The van der Waals surface area contributed by atoms with Crippen molar-refractivity contribution in [1.29, 1.82) is 0 Å². The summed E-state index contributed by atoms with van der Waals surface area (Å²) in [5.41, 5.74) is 0.262. The summed E-state index contributed by atoms with van der Waals surface area (Å²) in [5, 5.41) is 3.79. The molecule has 0 saturated carbocycles. The predicted octanol–water partition coefficient (Wildman–Crippen LogP) is 2.01. The lowest BCUT2D eigenvalue weighted by Gasteiger charge is -2.45. The Bertz CT molecular complexity index is 507. The van der Waals surface area contributed by atoms with Gasteiger partial charge in [-0.3, -0.25) is 9.89 Å². The van der Waals surface area contributed by atoms with Crippen LogP contribution in [0.1, 0.15) is 51.4 Å². The van der Waals surface area contributed by atoms with Crippen molar-refractivity contribution in [3.63, 3.8) is 0 Å². The zero-order chi connectivity index (χ0) is 19.2. The minimum absolute atomic E-state index is 0.262. The summed E-state index contributed by atoms with van der Waals surface area (Å²) in [6, 6.07) is 0. The average Bonchev–Trinajstić information content (AvgIpc) is 3.43. The number of piperidine rings is 1. The lowest BCUT2D eigenvalue weighted by atomic mass is 9.88. The summed E-state index contributed by atoms with van der Waals surface area (Å²) in [5.74, 6) is 1.92. The summed E-state index contributed by atoms with van der Waals surface area (Å²) in [4.78, 5) is 12.6. The highest BCUT2D eigenvalue weighted by molar-refractivity contribution is 5.80. The molecule has 0 aliphatic carbocycles. The lowest BCUT2D eigenvalue weighted by Crippen LogP contribution is -2.58. The van der Waals surface area contributed by atoms with Crippen molar-refractivity contribution in [3.05, 3.63) is 0 Å². The highest BCUT2D eigenvalue weighted by atomic mass is 16.5. The highest BCUT2D eigenvalue weighted by Gasteiger charge is 2.40. The van der Waals surface area contributed by atoms with E-state index in [1.54, 1.807) is 0 Å². The van der Waals surface area contributed by atoms with Crippen molar-refractivity contribution in [1.82, 2.24) is 20.0 Å². The van der Waals surface area contributed by atoms with Crippen LogP contribution in [0.2, 0.25) is 0 Å². The third kappa shape index (κ3) is 4.82. The normalized spacial score (nSPS) is 30.1. The topological polar surface area (TPSA) is 43.3 Å². The molecule has 6 nitrogen and oxygen atoms in total. The minimum Gasteiger partial charge on any atom is -0.381 e. The maximum atomic E-state index is 5.70. The molecule has 4 rings (SSSR count).